The Hall–Kier alpha value is 4.49. The lowest BCUT2D eigenvalue weighted by atomic mass is 10.00. The van der Waals surface area contributed by atoms with Gasteiger partial charge in [0.1, 0.15) is 32.4 Å². The average molecular weight is 1170 g/mol. The summed E-state index contributed by atoms with van der Waals surface area (Å²) in [6.07, 6.45) is 15.2. The van der Waals surface area contributed by atoms with Crippen molar-refractivity contribution < 1.29 is 39.8 Å². The van der Waals surface area contributed by atoms with Gasteiger partial charge in [0.15, 0.2) is 58.8 Å². The molecule has 0 spiro atoms. The lowest BCUT2D eigenvalue weighted by molar-refractivity contribution is 0.0958. The summed E-state index contributed by atoms with van der Waals surface area (Å²) in [4.78, 5) is 0. The second-order valence-electron chi connectivity index (χ2n) is 13.7. The zero-order valence-electron chi connectivity index (χ0n) is 40.8. The molecule has 4 unspecified atom stereocenters. The first-order valence-electron chi connectivity index (χ1n) is 23.6. The molecule has 1 aliphatic rings. The molecule has 24 heteroatoms. The number of hydrogen-bond acceptors (Lipinski definition) is 18. The van der Waals surface area contributed by atoms with Crippen molar-refractivity contribution in [3.05, 3.63) is 0 Å². The minimum absolute atomic E-state index is 0.185. The molecule has 1 aliphatic carbocycles. The first-order chi connectivity index (χ1) is 30.6. The average Bonchev–Trinajstić information content (AvgIpc) is 3.25. The Morgan fingerprint density at radius 1 is 0.397 bits per heavy atom. The maximum atomic E-state index is 6.93. The van der Waals surface area contributed by atoms with Crippen LogP contribution in [0.1, 0.15) is 167 Å². The zero-order chi connectivity index (χ0) is 46.7. The predicted octanol–water partition coefficient (Wildman–Crippen LogP) is 15.5. The Kier molecular flexibility index (Phi) is 42.5. The van der Waals surface area contributed by atoms with Gasteiger partial charge in [0, 0.05) is 76.7 Å². The molecule has 0 aromatic heterocycles. The van der Waals surface area contributed by atoms with Crippen molar-refractivity contribution in [2.45, 2.75) is 176 Å². The monoisotopic (exact) mass is 1170 g/mol. The van der Waals surface area contributed by atoms with Crippen molar-refractivity contribution in [3.8, 4) is 0 Å². The first kappa shape index (κ1) is 65.5. The maximum absolute atomic E-state index is 6.93. The Labute approximate surface area is 431 Å². The summed E-state index contributed by atoms with van der Waals surface area (Å²) >= 11 is 0. The van der Waals surface area contributed by atoms with E-state index in [1.54, 1.807) is 0 Å². The highest BCUT2D eigenvalue weighted by Gasteiger charge is 2.76. The van der Waals surface area contributed by atoms with Crippen molar-refractivity contribution >= 4 is 143 Å². The van der Waals surface area contributed by atoms with Gasteiger partial charge in [-0.15, -0.1) is 0 Å². The van der Waals surface area contributed by atoms with Crippen molar-refractivity contribution in [3.63, 3.8) is 0 Å². The molecular weight excluding hydrogens is 1080 g/mol. The molecule has 0 aliphatic heterocycles. The number of rotatable bonds is 39. The third-order valence-electron chi connectivity index (χ3n) is 8.56. The van der Waals surface area contributed by atoms with Crippen LogP contribution in [0.2, 0.25) is 0 Å². The summed E-state index contributed by atoms with van der Waals surface area (Å²) in [6, 6.07) is 0. The summed E-state index contributed by atoms with van der Waals surface area (Å²) in [5.74, 6) is 3.15. The molecule has 63 heavy (non-hydrogen) atoms. The van der Waals surface area contributed by atoms with Gasteiger partial charge in [-0.05, 0) is 127 Å². The minimum atomic E-state index is -3.27. The van der Waals surface area contributed by atoms with Crippen molar-refractivity contribution in [1.29, 1.82) is 0 Å². The van der Waals surface area contributed by atoms with E-state index in [1.807, 2.05) is 61.9 Å². The van der Waals surface area contributed by atoms with Crippen LogP contribution in [-0.4, -0.2) is 110 Å². The lowest BCUT2D eigenvalue weighted by Gasteiger charge is -2.37. The van der Waals surface area contributed by atoms with E-state index < -0.39 is 49.1 Å². The second kappa shape index (κ2) is 40.9. The molecule has 378 valence electrons. The minimum Gasteiger partial charge on any atom is -0.331 e. The van der Waals surface area contributed by atoms with E-state index in [-0.39, 0.29) is 9.33 Å². The van der Waals surface area contributed by atoms with Gasteiger partial charge >= 0.3 is 23.9 Å². The summed E-state index contributed by atoms with van der Waals surface area (Å²) < 4.78 is 61.8. The molecule has 4 atom stereocenters. The van der Waals surface area contributed by atoms with Gasteiger partial charge in [-0.25, -0.2) is 0 Å². The molecule has 1 fully saturated rings. The molecule has 0 heterocycles. The second-order valence-corrected chi connectivity index (χ2v) is 55.9. The van der Waals surface area contributed by atoms with E-state index in [0.29, 0.717) is 59.5 Å². The van der Waals surface area contributed by atoms with Crippen LogP contribution in [0.4, 0.5) is 0 Å². The van der Waals surface area contributed by atoms with Crippen LogP contribution in [0.15, 0.2) is 0 Å². The van der Waals surface area contributed by atoms with Gasteiger partial charge in [0.2, 0.25) is 0 Å². The molecule has 1 saturated carbocycles. The first-order valence-corrected chi connectivity index (χ1v) is 47.2. The van der Waals surface area contributed by atoms with Crippen molar-refractivity contribution in [2.75, 3.05) is 76.7 Å². The Morgan fingerprint density at radius 2 is 0.683 bits per heavy atom. The molecule has 0 aromatic rings. The highest BCUT2D eigenvalue weighted by molar-refractivity contribution is 9.33. The summed E-state index contributed by atoms with van der Waals surface area (Å²) in [5.41, 5.74) is 0. The van der Waals surface area contributed by atoms with Crippen LogP contribution in [0.3, 0.4) is 0 Å². The quantitative estimate of drug-likeness (QED) is 0.0192. The topological polar surface area (TPSA) is 83.1 Å². The van der Waals surface area contributed by atoms with Crippen LogP contribution in [0, 0.1) is 0 Å². The van der Waals surface area contributed by atoms with Crippen molar-refractivity contribution in [2.24, 2.45) is 0 Å². The van der Waals surface area contributed by atoms with Crippen LogP contribution >= 0.6 is 94.2 Å². The Balaban J connectivity index is 4.62. The standard InChI is InChI=1S/C39H87O9S12Si3/c1-13-35-49-55-58(61(40-16-4,41-17-5)42-18-6)52-38-33-31-29-27-25-26-28-30-32-34-39(38,53-59(56-50-36-14-2)62(43-19-7,44-20-8)45-21-9)54-60(57-51-37-15-3)63(46-22-10,47-23-11)48-24-12/h38H,13-37H2,1-12H3/q+3. The molecule has 9 nitrogen and oxygen atoms in total. The van der Waals surface area contributed by atoms with Crippen LogP contribution in [-0.2, 0) is 65.1 Å². The molecular formula is C39H87O9S12Si3+3. The van der Waals surface area contributed by atoms with Crippen LogP contribution in [0.25, 0.3) is 0 Å². The van der Waals surface area contributed by atoms with E-state index in [0.717, 1.165) is 62.2 Å². The summed E-state index contributed by atoms with van der Waals surface area (Å²) in [7, 11) is 6.90. The Morgan fingerprint density at radius 3 is 1.00 bits per heavy atom. The Bertz CT molecular complexity index is 989. The van der Waals surface area contributed by atoms with Crippen LogP contribution in [0.5, 0.6) is 0 Å². The van der Waals surface area contributed by atoms with E-state index in [2.05, 4.69) is 115 Å². The fourth-order valence-corrected chi connectivity index (χ4v) is 75.8. The van der Waals surface area contributed by atoms with E-state index in [4.69, 9.17) is 39.8 Å². The van der Waals surface area contributed by atoms with Gasteiger partial charge in [0.05, 0.1) is 5.25 Å². The zero-order valence-corrected chi connectivity index (χ0v) is 53.6. The maximum Gasteiger partial charge on any atom is 0.808 e. The fraction of sp³-hybridized carbons (Fsp3) is 1.00. The molecule has 0 bridgehead atoms. The molecule has 1 rings (SSSR count). The summed E-state index contributed by atoms with van der Waals surface area (Å²) in [6.45, 7) is 30.5. The summed E-state index contributed by atoms with van der Waals surface area (Å²) in [5, 5.41) is 0.185. The fourth-order valence-electron chi connectivity index (χ4n) is 6.04. The van der Waals surface area contributed by atoms with Gasteiger partial charge in [0.25, 0.3) is 0 Å². The van der Waals surface area contributed by atoms with Gasteiger partial charge in [-0.2, -0.15) is 0 Å². The van der Waals surface area contributed by atoms with Gasteiger partial charge in [-0.3, -0.25) is 0 Å². The van der Waals surface area contributed by atoms with Gasteiger partial charge < -0.3 is 39.8 Å². The highest BCUT2D eigenvalue weighted by Crippen LogP contribution is 2.65. The lowest BCUT2D eigenvalue weighted by Crippen LogP contribution is -2.55. The van der Waals surface area contributed by atoms with E-state index in [1.165, 1.54) is 38.5 Å². The highest BCUT2D eigenvalue weighted by atomic mass is 33.8. The molecule has 0 aromatic carbocycles. The van der Waals surface area contributed by atoms with E-state index in [9.17, 15) is 0 Å². The molecule has 0 radical (unpaired) electrons. The molecule has 0 N–H and O–H groups in total. The van der Waals surface area contributed by atoms with Crippen molar-refractivity contribution in [1.82, 2.24) is 0 Å². The molecule has 0 amide bonds. The SMILES string of the molecule is CCCSS[S+](SC1CCCCCCCCCCC1(S[S+](SSCCC)[Si](OCC)(OCC)OCC)S[S+](SSCCC)[Si](OCC)(OCC)OCC)[Si](OCC)(OCC)OCC. The molecule has 0 saturated heterocycles. The van der Waals surface area contributed by atoms with E-state index >= 15 is 0 Å². The third-order valence-corrected chi connectivity index (χ3v) is 67.8. The third kappa shape index (κ3) is 23.9. The smallest absolute Gasteiger partial charge is 0.331 e. The van der Waals surface area contributed by atoms with Crippen LogP contribution < -0.4 is 0 Å². The largest absolute Gasteiger partial charge is 0.808 e. The predicted molar refractivity (Wildman–Crippen MR) is 310 cm³/mol. The normalized spacial score (nSPS) is 20.3. The number of hydrogen-bond donors (Lipinski definition) is 0. The van der Waals surface area contributed by atoms with Gasteiger partial charge in [-0.1, -0.05) is 72.1 Å².